The minimum atomic E-state index is -1.11. The van der Waals surface area contributed by atoms with Crippen molar-refractivity contribution in [1.82, 2.24) is 29.5 Å². The largest absolute Gasteiger partial charge is 0.493 e. The molecule has 1 aliphatic heterocycles. The van der Waals surface area contributed by atoms with Crippen LogP contribution in [0.2, 0.25) is 0 Å². The monoisotopic (exact) mass is 546 g/mol. The van der Waals surface area contributed by atoms with Crippen molar-refractivity contribution in [2.75, 3.05) is 50.0 Å². The lowest BCUT2D eigenvalue weighted by Crippen LogP contribution is -2.44. The number of piperazine rings is 1. The van der Waals surface area contributed by atoms with Crippen molar-refractivity contribution in [3.63, 3.8) is 0 Å². The zero-order chi connectivity index (χ0) is 27.9. The van der Waals surface area contributed by atoms with E-state index in [1.807, 2.05) is 23.1 Å². The Kier molecular flexibility index (Phi) is 8.32. The van der Waals surface area contributed by atoms with Gasteiger partial charge in [0.15, 0.2) is 11.6 Å². The number of aromatic nitrogens is 4. The number of nitrogens with zero attached hydrogens (tertiary/aromatic N) is 6. The molecule has 3 heterocycles. The van der Waals surface area contributed by atoms with Crippen molar-refractivity contribution in [2.45, 2.75) is 13.0 Å². The van der Waals surface area contributed by atoms with E-state index in [0.29, 0.717) is 23.6 Å². The highest BCUT2D eigenvalue weighted by molar-refractivity contribution is 5.92. The smallest absolute Gasteiger partial charge is 0.246 e. The Morgan fingerprint density at radius 1 is 1.12 bits per heavy atom. The van der Waals surface area contributed by atoms with Crippen LogP contribution in [0.4, 0.5) is 26.0 Å². The third-order valence-electron chi connectivity index (χ3n) is 6.48. The molecule has 0 unspecified atom stereocenters. The van der Waals surface area contributed by atoms with Crippen LogP contribution in [0, 0.1) is 24.1 Å². The molecule has 1 fully saturated rings. The summed E-state index contributed by atoms with van der Waals surface area (Å²) in [4.78, 5) is 25.4. The van der Waals surface area contributed by atoms with Crippen LogP contribution in [-0.4, -0.2) is 74.8 Å². The molecule has 12 heteroatoms. The highest BCUT2D eigenvalue weighted by Crippen LogP contribution is 2.26. The van der Waals surface area contributed by atoms with Gasteiger partial charge in [-0.2, -0.15) is 5.10 Å². The maximum Gasteiger partial charge on any atom is 0.246 e. The van der Waals surface area contributed by atoms with E-state index in [2.05, 4.69) is 36.6 Å². The molecule has 206 valence electrons. The summed E-state index contributed by atoms with van der Waals surface area (Å²) in [7, 11) is 0. The Balaban J connectivity index is 1.14. The van der Waals surface area contributed by atoms with Gasteiger partial charge in [0, 0.05) is 56.4 Å². The van der Waals surface area contributed by atoms with Crippen molar-refractivity contribution in [3.8, 4) is 18.2 Å². The number of halogens is 2. The molecule has 1 saturated heterocycles. The Hall–Kier alpha value is -4.76. The van der Waals surface area contributed by atoms with Crippen LogP contribution in [0.15, 0.2) is 55.1 Å². The van der Waals surface area contributed by atoms with E-state index in [0.717, 1.165) is 56.3 Å². The summed E-state index contributed by atoms with van der Waals surface area (Å²) in [5, 5.41) is 10.5. The molecular formula is C28H28F2N8O2. The SMILES string of the molecule is C#CN1CCN(CCCOc2ccc3c(Nc4cnn(CC(=O)Nc5cccc(F)c5F)c4)ncnc3c2)CC1. The Morgan fingerprint density at radius 3 is 2.80 bits per heavy atom. The fourth-order valence-electron chi connectivity index (χ4n) is 4.39. The van der Waals surface area contributed by atoms with E-state index in [9.17, 15) is 13.6 Å². The fourth-order valence-corrected chi connectivity index (χ4v) is 4.39. The van der Waals surface area contributed by atoms with Crippen LogP contribution in [0.3, 0.4) is 0 Å². The topological polar surface area (TPSA) is 100 Å². The van der Waals surface area contributed by atoms with Crippen molar-refractivity contribution in [2.24, 2.45) is 0 Å². The van der Waals surface area contributed by atoms with Crippen LogP contribution in [0.1, 0.15) is 6.42 Å². The van der Waals surface area contributed by atoms with Crippen LogP contribution in [-0.2, 0) is 11.3 Å². The third-order valence-corrected chi connectivity index (χ3v) is 6.48. The van der Waals surface area contributed by atoms with Gasteiger partial charge in [-0.25, -0.2) is 18.7 Å². The third kappa shape index (κ3) is 6.62. The number of amides is 1. The number of terminal acetylenes is 1. The van der Waals surface area contributed by atoms with Gasteiger partial charge in [-0.3, -0.25) is 14.4 Å². The standard InChI is InChI=1S/C28H28F2N8O2/c1-2-36-10-12-37(13-11-36)9-4-14-40-21-7-8-22-25(15-21)31-19-32-28(22)34-20-16-33-38(17-20)18-26(39)35-24-6-3-5-23(29)27(24)30/h1,3,5-8,15-17,19H,4,9-14,18H2,(H,35,39)(H,31,32,34). The quantitative estimate of drug-likeness (QED) is 0.231. The number of fused-ring (bicyclic) bond motifs is 1. The molecule has 2 aromatic heterocycles. The Labute approximate surface area is 230 Å². The van der Waals surface area contributed by atoms with Crippen LogP contribution in [0.5, 0.6) is 5.75 Å². The minimum absolute atomic E-state index is 0.191. The summed E-state index contributed by atoms with van der Waals surface area (Å²) in [5.74, 6) is -1.41. The lowest BCUT2D eigenvalue weighted by Gasteiger charge is -2.32. The summed E-state index contributed by atoms with van der Waals surface area (Å²) in [6, 6.07) is 11.9. The predicted molar refractivity (Wildman–Crippen MR) is 147 cm³/mol. The zero-order valence-electron chi connectivity index (χ0n) is 21.7. The lowest BCUT2D eigenvalue weighted by molar-refractivity contribution is -0.116. The number of carbonyl (C=O) groups is 1. The summed E-state index contributed by atoms with van der Waals surface area (Å²) in [5.41, 5.74) is 1.07. The van der Waals surface area contributed by atoms with Crippen molar-refractivity contribution in [3.05, 3.63) is 66.8 Å². The van der Waals surface area contributed by atoms with Gasteiger partial charge in [-0.15, -0.1) is 0 Å². The van der Waals surface area contributed by atoms with Crippen LogP contribution in [0.25, 0.3) is 10.9 Å². The zero-order valence-corrected chi connectivity index (χ0v) is 21.7. The maximum absolute atomic E-state index is 13.8. The van der Waals surface area contributed by atoms with E-state index in [4.69, 9.17) is 11.2 Å². The van der Waals surface area contributed by atoms with E-state index in [-0.39, 0.29) is 12.2 Å². The number of rotatable bonds is 10. The molecule has 0 saturated carbocycles. The van der Waals surface area contributed by atoms with Crippen molar-refractivity contribution < 1.29 is 18.3 Å². The van der Waals surface area contributed by atoms with Gasteiger partial charge in [0.05, 0.1) is 29.7 Å². The predicted octanol–water partition coefficient (Wildman–Crippen LogP) is 3.46. The van der Waals surface area contributed by atoms with E-state index >= 15 is 0 Å². The number of ether oxygens (including phenoxy) is 1. The summed E-state index contributed by atoms with van der Waals surface area (Å²) < 4.78 is 34.5. The van der Waals surface area contributed by atoms with Crippen LogP contribution >= 0.6 is 0 Å². The number of hydrogen-bond donors (Lipinski definition) is 2. The molecule has 0 aliphatic carbocycles. The molecule has 0 bridgehead atoms. The summed E-state index contributed by atoms with van der Waals surface area (Å²) in [6.45, 7) is 5.08. The van der Waals surface area contributed by atoms with E-state index in [1.54, 1.807) is 6.20 Å². The van der Waals surface area contributed by atoms with Gasteiger partial charge >= 0.3 is 0 Å². The van der Waals surface area contributed by atoms with Gasteiger partial charge in [0.2, 0.25) is 5.91 Å². The molecule has 2 aromatic carbocycles. The molecule has 0 radical (unpaired) electrons. The molecule has 2 N–H and O–H groups in total. The molecule has 1 aliphatic rings. The van der Waals surface area contributed by atoms with Gasteiger partial charge in [0.25, 0.3) is 0 Å². The van der Waals surface area contributed by atoms with Gasteiger partial charge < -0.3 is 20.3 Å². The number of hydrogen-bond acceptors (Lipinski definition) is 8. The van der Waals surface area contributed by atoms with E-state index < -0.39 is 17.5 Å². The average molecular weight is 547 g/mol. The number of benzene rings is 2. The highest BCUT2D eigenvalue weighted by Gasteiger charge is 2.15. The molecule has 40 heavy (non-hydrogen) atoms. The Morgan fingerprint density at radius 2 is 1.98 bits per heavy atom. The van der Waals surface area contributed by atoms with Gasteiger partial charge in [-0.1, -0.05) is 12.5 Å². The average Bonchev–Trinajstić information content (AvgIpc) is 3.40. The lowest BCUT2D eigenvalue weighted by atomic mass is 10.2. The molecule has 0 spiro atoms. The number of carbonyl (C=O) groups excluding carboxylic acids is 1. The van der Waals surface area contributed by atoms with Gasteiger partial charge in [0.1, 0.15) is 24.4 Å². The second-order valence-electron chi connectivity index (χ2n) is 9.26. The van der Waals surface area contributed by atoms with E-state index in [1.165, 1.54) is 29.3 Å². The normalized spacial score (nSPS) is 13.7. The first-order valence-corrected chi connectivity index (χ1v) is 12.8. The summed E-state index contributed by atoms with van der Waals surface area (Å²) >= 11 is 0. The molecule has 10 nitrogen and oxygen atoms in total. The molecule has 1 amide bonds. The van der Waals surface area contributed by atoms with Crippen LogP contribution < -0.4 is 15.4 Å². The number of nitrogens with one attached hydrogen (secondary N) is 2. The Bertz CT molecular complexity index is 1530. The minimum Gasteiger partial charge on any atom is -0.493 e. The second kappa shape index (κ2) is 12.4. The maximum atomic E-state index is 13.8. The van der Waals surface area contributed by atoms with Gasteiger partial charge in [-0.05, 0) is 30.7 Å². The molecule has 4 aromatic rings. The molecular weight excluding hydrogens is 518 g/mol. The first kappa shape index (κ1) is 26.8. The molecule has 0 atom stereocenters. The first-order chi connectivity index (χ1) is 19.5. The highest BCUT2D eigenvalue weighted by atomic mass is 19.2. The molecule has 5 rings (SSSR count). The second-order valence-corrected chi connectivity index (χ2v) is 9.26. The van der Waals surface area contributed by atoms with Crippen molar-refractivity contribution >= 4 is 34.0 Å². The first-order valence-electron chi connectivity index (χ1n) is 12.8. The number of anilines is 3. The fraction of sp³-hybridized carbons (Fsp3) is 0.286. The summed E-state index contributed by atoms with van der Waals surface area (Å²) in [6.07, 6.45) is 11.0. The van der Waals surface area contributed by atoms with Crippen molar-refractivity contribution in [1.29, 1.82) is 0 Å².